The Bertz CT molecular complexity index is 467. The number of rotatable bonds is 4. The first-order valence-electron chi connectivity index (χ1n) is 6.17. The van der Waals surface area contributed by atoms with Crippen LogP contribution in [0.1, 0.15) is 39.9 Å². The minimum absolute atomic E-state index is 0.348. The van der Waals surface area contributed by atoms with Gasteiger partial charge < -0.3 is 10.5 Å². The highest BCUT2D eigenvalue weighted by atomic mass is 32.1. The second kappa shape index (κ2) is 5.52. The van der Waals surface area contributed by atoms with Crippen LogP contribution in [0.4, 0.5) is 0 Å². The Labute approximate surface area is 110 Å². The predicted molar refractivity (Wildman–Crippen MR) is 69.6 cm³/mol. The van der Waals surface area contributed by atoms with Gasteiger partial charge >= 0.3 is 5.97 Å². The van der Waals surface area contributed by atoms with Crippen LogP contribution in [0.3, 0.4) is 0 Å². The number of hydrogen-bond donors (Lipinski definition) is 1. The lowest BCUT2D eigenvalue weighted by Crippen LogP contribution is -2.20. The molecule has 0 unspecified atom stereocenters. The average molecular weight is 267 g/mol. The molecule has 1 atom stereocenters. The number of hydrogen-bond acceptors (Lipinski definition) is 4. The smallest absolute Gasteiger partial charge is 0.348 e. The topological polar surface area (TPSA) is 69.4 Å². The van der Waals surface area contributed by atoms with E-state index in [1.54, 1.807) is 0 Å². The van der Waals surface area contributed by atoms with Crippen molar-refractivity contribution >= 4 is 23.2 Å². The molecule has 0 bridgehead atoms. The Morgan fingerprint density at radius 1 is 1.56 bits per heavy atom. The summed E-state index contributed by atoms with van der Waals surface area (Å²) >= 11 is 1.48. The van der Waals surface area contributed by atoms with Gasteiger partial charge in [-0.25, -0.2) is 4.79 Å². The molecular weight excluding hydrogens is 250 g/mol. The molecule has 5 heteroatoms. The van der Waals surface area contributed by atoms with Gasteiger partial charge in [-0.2, -0.15) is 0 Å². The Hall–Kier alpha value is -1.36. The van der Waals surface area contributed by atoms with Crippen LogP contribution >= 0.6 is 11.3 Å². The van der Waals surface area contributed by atoms with E-state index in [1.165, 1.54) is 34.6 Å². The van der Waals surface area contributed by atoms with Gasteiger partial charge in [0.2, 0.25) is 0 Å². The standard InChI is InChI=1S/C13H17NO3S/c1-2-8-3-4-10-9(5-8)6-11(18-10)13(16)17-7-12(14)15/h6,8H,2-5,7H2,1H3,(H2,14,15)/t8-/m0/s1. The van der Waals surface area contributed by atoms with Crippen LogP contribution in [0.2, 0.25) is 0 Å². The van der Waals surface area contributed by atoms with Gasteiger partial charge in [-0.1, -0.05) is 13.3 Å². The first kappa shape index (κ1) is 13.1. The third-order valence-corrected chi connectivity index (χ3v) is 4.53. The quantitative estimate of drug-likeness (QED) is 0.847. The molecule has 1 aliphatic carbocycles. The van der Waals surface area contributed by atoms with Gasteiger partial charge in [-0.05, 0) is 36.8 Å². The van der Waals surface area contributed by atoms with Crippen molar-refractivity contribution in [3.8, 4) is 0 Å². The van der Waals surface area contributed by atoms with Gasteiger partial charge in [-0.3, -0.25) is 4.79 Å². The third kappa shape index (κ3) is 2.90. The summed E-state index contributed by atoms with van der Waals surface area (Å²) in [7, 11) is 0. The molecule has 1 aromatic rings. The third-order valence-electron chi connectivity index (χ3n) is 3.31. The zero-order valence-corrected chi connectivity index (χ0v) is 11.2. The molecule has 4 nitrogen and oxygen atoms in total. The number of aryl methyl sites for hydroxylation is 1. The zero-order valence-electron chi connectivity index (χ0n) is 10.4. The van der Waals surface area contributed by atoms with E-state index in [0.717, 1.165) is 18.8 Å². The fourth-order valence-electron chi connectivity index (χ4n) is 2.26. The second-order valence-electron chi connectivity index (χ2n) is 4.62. The van der Waals surface area contributed by atoms with E-state index >= 15 is 0 Å². The second-order valence-corrected chi connectivity index (χ2v) is 5.76. The number of carbonyl (C=O) groups excluding carboxylic acids is 2. The van der Waals surface area contributed by atoms with E-state index in [0.29, 0.717) is 4.88 Å². The maximum absolute atomic E-state index is 11.7. The largest absolute Gasteiger partial charge is 0.451 e. The summed E-state index contributed by atoms with van der Waals surface area (Å²) in [5.74, 6) is -0.349. The molecule has 0 fully saturated rings. The van der Waals surface area contributed by atoms with Gasteiger partial charge in [0.05, 0.1) is 0 Å². The van der Waals surface area contributed by atoms with Crippen LogP contribution in [-0.2, 0) is 22.4 Å². The molecule has 0 radical (unpaired) electrons. The predicted octanol–water partition coefficient (Wildman–Crippen LogP) is 1.91. The number of carbonyl (C=O) groups is 2. The van der Waals surface area contributed by atoms with E-state index < -0.39 is 11.9 Å². The lowest BCUT2D eigenvalue weighted by Gasteiger charge is -2.19. The first-order valence-corrected chi connectivity index (χ1v) is 6.98. The Kier molecular flexibility index (Phi) is 4.01. The molecule has 0 spiro atoms. The van der Waals surface area contributed by atoms with Crippen LogP contribution in [0, 0.1) is 5.92 Å². The van der Waals surface area contributed by atoms with Crippen molar-refractivity contribution in [3.63, 3.8) is 0 Å². The molecular formula is C13H17NO3S. The minimum Gasteiger partial charge on any atom is -0.451 e. The summed E-state index contributed by atoms with van der Waals surface area (Å²) in [6.45, 7) is 1.85. The number of fused-ring (bicyclic) bond motifs is 1. The van der Waals surface area contributed by atoms with E-state index in [1.807, 2.05) is 6.07 Å². The lowest BCUT2D eigenvalue weighted by atomic mass is 9.87. The zero-order chi connectivity index (χ0) is 13.1. The molecule has 0 aliphatic heterocycles. The molecule has 98 valence electrons. The van der Waals surface area contributed by atoms with Crippen LogP contribution < -0.4 is 5.73 Å². The normalized spacial score (nSPS) is 18.2. The molecule has 0 aromatic carbocycles. The van der Waals surface area contributed by atoms with Crippen molar-refractivity contribution in [2.75, 3.05) is 6.61 Å². The number of primary amides is 1. The first-order chi connectivity index (χ1) is 8.60. The highest BCUT2D eigenvalue weighted by Crippen LogP contribution is 2.33. The maximum Gasteiger partial charge on any atom is 0.348 e. The van der Waals surface area contributed by atoms with Crippen molar-refractivity contribution in [1.82, 2.24) is 0 Å². The van der Waals surface area contributed by atoms with Gasteiger partial charge in [0.25, 0.3) is 5.91 Å². The van der Waals surface area contributed by atoms with Crippen molar-refractivity contribution in [2.24, 2.45) is 11.7 Å². The van der Waals surface area contributed by atoms with E-state index in [2.05, 4.69) is 6.92 Å². The van der Waals surface area contributed by atoms with Crippen molar-refractivity contribution in [3.05, 3.63) is 21.4 Å². The van der Waals surface area contributed by atoms with Crippen molar-refractivity contribution < 1.29 is 14.3 Å². The van der Waals surface area contributed by atoms with Crippen LogP contribution in [0.15, 0.2) is 6.07 Å². The summed E-state index contributed by atoms with van der Waals surface area (Å²) in [5.41, 5.74) is 6.21. The molecule has 18 heavy (non-hydrogen) atoms. The van der Waals surface area contributed by atoms with Crippen LogP contribution in [0.25, 0.3) is 0 Å². The fourth-order valence-corrected chi connectivity index (χ4v) is 3.36. The molecule has 1 heterocycles. The SMILES string of the molecule is CC[C@H]1CCc2sc(C(=O)OCC(N)=O)cc2C1. The summed E-state index contributed by atoms with van der Waals surface area (Å²) in [5, 5.41) is 0. The molecule has 0 saturated carbocycles. The van der Waals surface area contributed by atoms with Gasteiger partial charge in [0.1, 0.15) is 4.88 Å². The van der Waals surface area contributed by atoms with Gasteiger partial charge in [-0.15, -0.1) is 11.3 Å². The van der Waals surface area contributed by atoms with Crippen LogP contribution in [0.5, 0.6) is 0 Å². The number of amides is 1. The fraction of sp³-hybridized carbons (Fsp3) is 0.538. The number of nitrogens with two attached hydrogens (primary N) is 1. The maximum atomic E-state index is 11.7. The highest BCUT2D eigenvalue weighted by molar-refractivity contribution is 7.14. The Morgan fingerprint density at radius 3 is 3.00 bits per heavy atom. The highest BCUT2D eigenvalue weighted by Gasteiger charge is 2.22. The number of ether oxygens (including phenoxy) is 1. The molecule has 2 rings (SSSR count). The molecule has 2 N–H and O–H groups in total. The number of esters is 1. The van der Waals surface area contributed by atoms with E-state index in [4.69, 9.17) is 10.5 Å². The summed E-state index contributed by atoms with van der Waals surface area (Å²) < 4.78 is 4.82. The molecule has 1 aromatic heterocycles. The monoisotopic (exact) mass is 267 g/mol. The summed E-state index contributed by atoms with van der Waals surface area (Å²) in [4.78, 5) is 24.1. The van der Waals surface area contributed by atoms with E-state index in [-0.39, 0.29) is 6.61 Å². The van der Waals surface area contributed by atoms with Gasteiger partial charge in [0.15, 0.2) is 6.61 Å². The van der Waals surface area contributed by atoms with Crippen molar-refractivity contribution in [1.29, 1.82) is 0 Å². The summed E-state index contributed by atoms with van der Waals surface area (Å²) in [6, 6.07) is 1.91. The lowest BCUT2D eigenvalue weighted by molar-refractivity contribution is -0.121. The Balaban J connectivity index is 2.05. The van der Waals surface area contributed by atoms with E-state index in [9.17, 15) is 9.59 Å². The molecule has 1 aliphatic rings. The van der Waals surface area contributed by atoms with Gasteiger partial charge in [0, 0.05) is 4.88 Å². The molecule has 0 saturated heterocycles. The van der Waals surface area contributed by atoms with Crippen molar-refractivity contribution in [2.45, 2.75) is 32.6 Å². The average Bonchev–Trinajstić information content (AvgIpc) is 2.78. The number of thiophene rings is 1. The minimum atomic E-state index is -0.629. The van der Waals surface area contributed by atoms with Crippen LogP contribution in [-0.4, -0.2) is 18.5 Å². The summed E-state index contributed by atoms with van der Waals surface area (Å²) in [6.07, 6.45) is 4.46. The molecule has 1 amide bonds. The Morgan fingerprint density at radius 2 is 2.33 bits per heavy atom.